The Kier molecular flexibility index (Phi) is 5.55. The van der Waals surface area contributed by atoms with Crippen LogP contribution in [0.2, 0.25) is 0 Å². The maximum absolute atomic E-state index is 12.5. The van der Waals surface area contributed by atoms with Crippen LogP contribution >= 0.6 is 0 Å². The number of piperidine rings is 1. The molecule has 0 bridgehead atoms. The van der Waals surface area contributed by atoms with Crippen LogP contribution < -0.4 is 5.73 Å². The maximum atomic E-state index is 12.5. The van der Waals surface area contributed by atoms with Gasteiger partial charge in [-0.05, 0) is 44.4 Å². The third kappa shape index (κ3) is 4.31. The predicted octanol–water partition coefficient (Wildman–Crippen LogP) is 1.95. The molecule has 0 spiro atoms. The molecule has 0 aliphatic carbocycles. The third-order valence-corrected chi connectivity index (χ3v) is 3.90. The molecule has 0 radical (unpaired) electrons. The van der Waals surface area contributed by atoms with Gasteiger partial charge in [-0.1, -0.05) is 12.1 Å². The average molecular weight is 304 g/mol. The Balaban J connectivity index is 1.98. The Morgan fingerprint density at radius 1 is 1.32 bits per heavy atom. The summed E-state index contributed by atoms with van der Waals surface area (Å²) in [6.07, 6.45) is 1.77. The number of nitrogens with two attached hydrogens (primary N) is 1. The minimum Gasteiger partial charge on any atom is -0.374 e. The number of carbonyl (C=O) groups is 2. The Bertz CT molecular complexity index is 525. The lowest BCUT2D eigenvalue weighted by molar-refractivity contribution is -0.123. The fourth-order valence-electron chi connectivity index (χ4n) is 2.58. The van der Waals surface area contributed by atoms with E-state index in [-0.39, 0.29) is 23.8 Å². The standard InChI is InChI=1S/C17H24N2O3/c1-12(2)22-11-13-5-7-14(8-6-13)17(21)19-9-3-4-15(10-19)16(18)20/h5-8,12,15H,3-4,9-11H2,1-2H3,(H2,18,20). The summed E-state index contributed by atoms with van der Waals surface area (Å²) in [5.74, 6) is -0.586. The smallest absolute Gasteiger partial charge is 0.253 e. The Hall–Kier alpha value is -1.88. The quantitative estimate of drug-likeness (QED) is 0.903. The normalized spacial score (nSPS) is 18.5. The molecule has 22 heavy (non-hydrogen) atoms. The van der Waals surface area contributed by atoms with Crippen molar-refractivity contribution in [3.05, 3.63) is 35.4 Å². The van der Waals surface area contributed by atoms with Crippen molar-refractivity contribution in [1.82, 2.24) is 4.90 Å². The minimum absolute atomic E-state index is 0.0396. The molecule has 1 atom stereocenters. The lowest BCUT2D eigenvalue weighted by atomic mass is 9.97. The number of hydrogen-bond donors (Lipinski definition) is 1. The lowest BCUT2D eigenvalue weighted by Gasteiger charge is -2.31. The van der Waals surface area contributed by atoms with Crippen molar-refractivity contribution in [2.45, 2.75) is 39.4 Å². The third-order valence-electron chi connectivity index (χ3n) is 3.90. The number of rotatable bonds is 5. The molecule has 1 aliphatic rings. The zero-order chi connectivity index (χ0) is 16.1. The maximum Gasteiger partial charge on any atom is 0.253 e. The molecule has 0 aromatic heterocycles. The molecule has 2 rings (SSSR count). The Labute approximate surface area is 131 Å². The topological polar surface area (TPSA) is 72.6 Å². The number of benzene rings is 1. The van der Waals surface area contributed by atoms with E-state index in [0.717, 1.165) is 18.4 Å². The van der Waals surface area contributed by atoms with E-state index in [2.05, 4.69) is 0 Å². The second-order valence-electron chi connectivity index (χ2n) is 6.05. The number of primary amides is 1. The molecule has 0 saturated carbocycles. The van der Waals surface area contributed by atoms with Crippen molar-refractivity contribution < 1.29 is 14.3 Å². The van der Waals surface area contributed by atoms with Crippen molar-refractivity contribution in [1.29, 1.82) is 0 Å². The number of carbonyl (C=O) groups excluding carboxylic acids is 2. The first-order chi connectivity index (χ1) is 10.5. The monoisotopic (exact) mass is 304 g/mol. The molecule has 2 N–H and O–H groups in total. The van der Waals surface area contributed by atoms with E-state index in [9.17, 15) is 9.59 Å². The van der Waals surface area contributed by atoms with E-state index in [1.807, 2.05) is 38.1 Å². The molecule has 5 nitrogen and oxygen atoms in total. The van der Waals surface area contributed by atoms with Crippen molar-refractivity contribution in [3.8, 4) is 0 Å². The molecule has 5 heteroatoms. The first kappa shape index (κ1) is 16.5. The number of ether oxygens (including phenoxy) is 1. The largest absolute Gasteiger partial charge is 0.374 e. The first-order valence-electron chi connectivity index (χ1n) is 7.76. The number of likely N-dealkylation sites (tertiary alicyclic amines) is 1. The average Bonchev–Trinajstić information content (AvgIpc) is 2.53. The van der Waals surface area contributed by atoms with E-state index in [1.54, 1.807) is 4.90 Å². The van der Waals surface area contributed by atoms with Crippen molar-refractivity contribution in [2.75, 3.05) is 13.1 Å². The van der Waals surface area contributed by atoms with E-state index >= 15 is 0 Å². The van der Waals surface area contributed by atoms with Gasteiger partial charge in [-0.2, -0.15) is 0 Å². The van der Waals surface area contributed by atoms with Crippen LogP contribution in [0.4, 0.5) is 0 Å². The highest BCUT2D eigenvalue weighted by atomic mass is 16.5. The van der Waals surface area contributed by atoms with E-state index < -0.39 is 0 Å². The molecule has 1 unspecified atom stereocenters. The van der Waals surface area contributed by atoms with Gasteiger partial charge in [0, 0.05) is 18.7 Å². The second kappa shape index (κ2) is 7.40. The van der Waals surface area contributed by atoms with Gasteiger partial charge in [-0.15, -0.1) is 0 Å². The first-order valence-corrected chi connectivity index (χ1v) is 7.76. The zero-order valence-electron chi connectivity index (χ0n) is 13.2. The molecule has 1 aliphatic heterocycles. The molecular formula is C17H24N2O3. The summed E-state index contributed by atoms with van der Waals surface area (Å²) in [6, 6.07) is 7.45. The molecule has 1 heterocycles. The van der Waals surface area contributed by atoms with Gasteiger partial charge >= 0.3 is 0 Å². The van der Waals surface area contributed by atoms with Crippen LogP contribution in [0.15, 0.2) is 24.3 Å². The highest BCUT2D eigenvalue weighted by Gasteiger charge is 2.27. The highest BCUT2D eigenvalue weighted by Crippen LogP contribution is 2.18. The van der Waals surface area contributed by atoms with Gasteiger partial charge in [0.15, 0.2) is 0 Å². The van der Waals surface area contributed by atoms with Crippen LogP contribution in [0.3, 0.4) is 0 Å². The lowest BCUT2D eigenvalue weighted by Crippen LogP contribution is -2.44. The highest BCUT2D eigenvalue weighted by molar-refractivity contribution is 5.94. The Morgan fingerprint density at radius 3 is 2.59 bits per heavy atom. The van der Waals surface area contributed by atoms with Crippen LogP contribution in [-0.2, 0) is 16.1 Å². The van der Waals surface area contributed by atoms with E-state index in [0.29, 0.717) is 25.3 Å². The van der Waals surface area contributed by atoms with E-state index in [1.165, 1.54) is 0 Å². The van der Waals surface area contributed by atoms with Crippen molar-refractivity contribution in [2.24, 2.45) is 11.7 Å². The van der Waals surface area contributed by atoms with Crippen molar-refractivity contribution >= 4 is 11.8 Å². The summed E-state index contributed by atoms with van der Waals surface area (Å²) in [7, 11) is 0. The SMILES string of the molecule is CC(C)OCc1ccc(C(=O)N2CCCC(C(N)=O)C2)cc1. The molecule has 1 aromatic rings. The van der Waals surface area contributed by atoms with Crippen LogP contribution in [0.1, 0.15) is 42.6 Å². The summed E-state index contributed by atoms with van der Waals surface area (Å²) in [4.78, 5) is 25.5. The second-order valence-corrected chi connectivity index (χ2v) is 6.05. The van der Waals surface area contributed by atoms with Gasteiger partial charge < -0.3 is 15.4 Å². The Morgan fingerprint density at radius 2 is 2.00 bits per heavy atom. The molecule has 1 fully saturated rings. The van der Waals surface area contributed by atoms with Gasteiger partial charge in [0.25, 0.3) is 5.91 Å². The summed E-state index contributed by atoms with van der Waals surface area (Å²) < 4.78 is 5.54. The van der Waals surface area contributed by atoms with Gasteiger partial charge in [0.1, 0.15) is 0 Å². The van der Waals surface area contributed by atoms with Gasteiger partial charge in [-0.3, -0.25) is 9.59 Å². The van der Waals surface area contributed by atoms with Gasteiger partial charge in [0.2, 0.25) is 5.91 Å². The zero-order valence-corrected chi connectivity index (χ0v) is 13.2. The van der Waals surface area contributed by atoms with Crippen LogP contribution in [0, 0.1) is 5.92 Å². The number of nitrogens with zero attached hydrogens (tertiary/aromatic N) is 1. The molecular weight excluding hydrogens is 280 g/mol. The van der Waals surface area contributed by atoms with Crippen molar-refractivity contribution in [3.63, 3.8) is 0 Å². The number of amides is 2. The van der Waals surface area contributed by atoms with Gasteiger partial charge in [0.05, 0.1) is 18.6 Å². The fraction of sp³-hybridized carbons (Fsp3) is 0.529. The summed E-state index contributed by atoms with van der Waals surface area (Å²) in [5.41, 5.74) is 7.03. The summed E-state index contributed by atoms with van der Waals surface area (Å²) in [6.45, 7) is 5.62. The molecule has 120 valence electrons. The van der Waals surface area contributed by atoms with Gasteiger partial charge in [-0.25, -0.2) is 0 Å². The van der Waals surface area contributed by atoms with Crippen LogP contribution in [-0.4, -0.2) is 35.9 Å². The number of hydrogen-bond acceptors (Lipinski definition) is 3. The van der Waals surface area contributed by atoms with Crippen LogP contribution in [0.25, 0.3) is 0 Å². The minimum atomic E-state index is -0.321. The predicted molar refractivity (Wildman–Crippen MR) is 84.2 cm³/mol. The van der Waals surface area contributed by atoms with E-state index in [4.69, 9.17) is 10.5 Å². The van der Waals surface area contributed by atoms with Crippen LogP contribution in [0.5, 0.6) is 0 Å². The molecule has 1 saturated heterocycles. The molecule has 2 amide bonds. The molecule has 1 aromatic carbocycles. The summed E-state index contributed by atoms with van der Waals surface area (Å²) >= 11 is 0. The fourth-order valence-corrected chi connectivity index (χ4v) is 2.58. The summed E-state index contributed by atoms with van der Waals surface area (Å²) in [5, 5.41) is 0.